The molecule has 14 heteroatoms. The molecule has 0 saturated carbocycles. The van der Waals surface area contributed by atoms with Crippen LogP contribution in [0.3, 0.4) is 0 Å². The molecule has 2 aromatic rings. The van der Waals surface area contributed by atoms with Gasteiger partial charge in [-0.25, -0.2) is 20.0 Å². The molecule has 0 aliphatic rings. The lowest BCUT2D eigenvalue weighted by molar-refractivity contribution is -0.140. The van der Waals surface area contributed by atoms with Crippen LogP contribution in [0.25, 0.3) is 11.2 Å². The maximum absolute atomic E-state index is 12.2. The number of nitrogen functional groups attached to an aromatic ring is 1. The van der Waals surface area contributed by atoms with Gasteiger partial charge >= 0.3 is 11.9 Å². The number of rotatable bonds is 11. The summed E-state index contributed by atoms with van der Waals surface area (Å²) in [5, 5.41) is 19.8. The Kier molecular flexibility index (Phi) is 7.02. The van der Waals surface area contributed by atoms with Gasteiger partial charge in [-0.05, 0) is 13.3 Å². The highest BCUT2D eigenvalue weighted by Gasteiger charge is 2.29. The third kappa shape index (κ3) is 5.96. The highest BCUT2D eigenvalue weighted by atomic mass is 31.2. The van der Waals surface area contributed by atoms with Gasteiger partial charge in [-0.1, -0.05) is 0 Å². The first-order valence-corrected chi connectivity index (χ1v) is 10.0. The predicted octanol–water partition coefficient (Wildman–Crippen LogP) is -0.136. The first kappa shape index (κ1) is 21.7. The topological polar surface area (TPSA) is 203 Å². The number of nitrogens with one attached hydrogen (secondary N) is 1. The molecule has 2 heterocycles. The van der Waals surface area contributed by atoms with Crippen molar-refractivity contribution in [2.75, 3.05) is 12.1 Å². The van der Waals surface area contributed by atoms with Crippen LogP contribution in [-0.4, -0.2) is 65.1 Å². The summed E-state index contributed by atoms with van der Waals surface area (Å²) < 4.78 is 19.2. The Bertz CT molecular complexity index is 903. The lowest BCUT2D eigenvalue weighted by atomic mass is 10.2. The molecule has 3 atom stereocenters. The number of nitrogens with two attached hydrogens (primary N) is 1. The molecule has 0 aliphatic heterocycles. The number of hydrogen-bond donors (Lipinski definition) is 5. The molecule has 0 bridgehead atoms. The average molecular weight is 416 g/mol. The molecule has 0 aromatic carbocycles. The summed E-state index contributed by atoms with van der Waals surface area (Å²) in [4.78, 5) is 43.7. The summed E-state index contributed by atoms with van der Waals surface area (Å²) >= 11 is 0. The maximum Gasteiger partial charge on any atom is 0.321 e. The molecule has 6 N–H and O–H groups in total. The van der Waals surface area contributed by atoms with Gasteiger partial charge in [0.2, 0.25) is 0 Å². The zero-order valence-corrected chi connectivity index (χ0v) is 15.8. The second kappa shape index (κ2) is 9.06. The van der Waals surface area contributed by atoms with Crippen LogP contribution in [-0.2, 0) is 25.4 Å². The van der Waals surface area contributed by atoms with Crippen LogP contribution in [0.4, 0.5) is 5.82 Å². The lowest BCUT2D eigenvalue weighted by Gasteiger charge is -2.21. The molecule has 0 aliphatic carbocycles. The lowest BCUT2D eigenvalue weighted by Crippen LogP contribution is -2.36. The molecule has 0 amide bonds. The van der Waals surface area contributed by atoms with Crippen LogP contribution in [0.1, 0.15) is 19.8 Å². The number of ether oxygens (including phenoxy) is 1. The summed E-state index contributed by atoms with van der Waals surface area (Å²) in [5.41, 5.74) is 6.61. The summed E-state index contributed by atoms with van der Waals surface area (Å²) in [7, 11) is -4.18. The summed E-state index contributed by atoms with van der Waals surface area (Å²) in [6.45, 7) is 1.89. The van der Waals surface area contributed by atoms with Gasteiger partial charge in [0.05, 0.1) is 19.0 Å². The zero-order valence-electron chi connectivity index (χ0n) is 14.9. The molecule has 1 unspecified atom stereocenters. The van der Waals surface area contributed by atoms with Gasteiger partial charge in [0.1, 0.15) is 24.2 Å². The van der Waals surface area contributed by atoms with E-state index in [9.17, 15) is 19.0 Å². The van der Waals surface area contributed by atoms with E-state index in [-0.39, 0.29) is 18.8 Å². The largest absolute Gasteiger partial charge is 0.481 e. The number of hydrogen-bond acceptors (Lipinski definition) is 8. The first-order valence-electron chi connectivity index (χ1n) is 8.16. The van der Waals surface area contributed by atoms with E-state index < -0.39 is 44.4 Å². The van der Waals surface area contributed by atoms with Crippen molar-refractivity contribution in [2.45, 2.75) is 38.5 Å². The Morgan fingerprint density at radius 3 is 2.71 bits per heavy atom. The molecule has 13 nitrogen and oxygen atoms in total. The average Bonchev–Trinajstić information content (AvgIpc) is 3.01. The van der Waals surface area contributed by atoms with E-state index >= 15 is 0 Å². The standard InChI is InChI=1S/C14H21N6O7P/c1-8(4-20-6-18-11-12(15)16-5-17-13(11)20)27-7-28(25,26)19-9(14(23)24)2-3-10(21)22/h5-6,8-9H,2-4,7H2,1H3,(H,21,22)(H,23,24)(H2,15,16,17)(H2,19,25,26)/t8-,9+/m1/s1. The Morgan fingerprint density at radius 2 is 2.07 bits per heavy atom. The molecule has 2 aromatic heterocycles. The SMILES string of the molecule is C[C@H](Cn1cnc2c(N)ncnc21)OCP(=O)(O)N[C@@H](CCC(=O)O)C(=O)O. The number of nitrogens with zero attached hydrogens (tertiary/aromatic N) is 4. The third-order valence-electron chi connectivity index (χ3n) is 3.72. The molecule has 2 rings (SSSR count). The van der Waals surface area contributed by atoms with Gasteiger partial charge in [-0.2, -0.15) is 0 Å². The number of carboxylic acids is 2. The van der Waals surface area contributed by atoms with Crippen LogP contribution in [0.15, 0.2) is 12.7 Å². The number of imidazole rings is 1. The van der Waals surface area contributed by atoms with Crippen LogP contribution in [0.5, 0.6) is 0 Å². The van der Waals surface area contributed by atoms with E-state index in [1.807, 2.05) is 0 Å². The minimum Gasteiger partial charge on any atom is -0.481 e. The maximum atomic E-state index is 12.2. The Morgan fingerprint density at radius 1 is 1.36 bits per heavy atom. The van der Waals surface area contributed by atoms with Crippen molar-refractivity contribution in [1.82, 2.24) is 24.6 Å². The molecule has 0 fully saturated rings. The van der Waals surface area contributed by atoms with E-state index in [2.05, 4.69) is 20.0 Å². The van der Waals surface area contributed by atoms with Crippen molar-refractivity contribution >= 4 is 36.4 Å². The van der Waals surface area contributed by atoms with Gasteiger partial charge in [0, 0.05) is 6.42 Å². The fraction of sp³-hybridized carbons (Fsp3) is 0.500. The fourth-order valence-electron chi connectivity index (χ4n) is 2.38. The Labute approximate surface area is 159 Å². The number of anilines is 1. The molecule has 0 radical (unpaired) electrons. The highest BCUT2D eigenvalue weighted by Crippen LogP contribution is 2.37. The van der Waals surface area contributed by atoms with E-state index in [1.54, 1.807) is 11.5 Å². The third-order valence-corrected chi connectivity index (χ3v) is 4.93. The zero-order chi connectivity index (χ0) is 20.9. The second-order valence-corrected chi connectivity index (χ2v) is 8.01. The van der Waals surface area contributed by atoms with E-state index in [0.717, 1.165) is 0 Å². The van der Waals surface area contributed by atoms with Crippen molar-refractivity contribution in [3.63, 3.8) is 0 Å². The van der Waals surface area contributed by atoms with Gasteiger partial charge < -0.3 is 30.1 Å². The predicted molar refractivity (Wildman–Crippen MR) is 96.4 cm³/mol. The number of aromatic nitrogens is 4. The molecule has 28 heavy (non-hydrogen) atoms. The van der Waals surface area contributed by atoms with Gasteiger partial charge in [-0.3, -0.25) is 14.2 Å². The van der Waals surface area contributed by atoms with E-state index in [4.69, 9.17) is 20.7 Å². The summed E-state index contributed by atoms with van der Waals surface area (Å²) in [6.07, 6.45) is 0.773. The number of fused-ring (bicyclic) bond motifs is 1. The van der Waals surface area contributed by atoms with Gasteiger partial charge in [0.15, 0.2) is 11.5 Å². The van der Waals surface area contributed by atoms with Crippen LogP contribution >= 0.6 is 7.52 Å². The van der Waals surface area contributed by atoms with Crippen LogP contribution in [0.2, 0.25) is 0 Å². The number of aliphatic carboxylic acids is 2. The number of carboxylic acid groups (broad SMARTS) is 2. The minimum atomic E-state index is -4.18. The Balaban J connectivity index is 1.93. The molecular formula is C14H21N6O7P. The molecule has 0 saturated heterocycles. The minimum absolute atomic E-state index is 0.224. The quantitative estimate of drug-likeness (QED) is 0.304. The van der Waals surface area contributed by atoms with Crippen molar-refractivity contribution in [3.05, 3.63) is 12.7 Å². The van der Waals surface area contributed by atoms with Crippen molar-refractivity contribution in [3.8, 4) is 0 Å². The first-order chi connectivity index (χ1) is 13.1. The van der Waals surface area contributed by atoms with Crippen molar-refractivity contribution in [2.24, 2.45) is 0 Å². The summed E-state index contributed by atoms with van der Waals surface area (Å²) in [5.74, 6) is -2.41. The van der Waals surface area contributed by atoms with Crippen LogP contribution in [0, 0.1) is 0 Å². The van der Waals surface area contributed by atoms with Crippen LogP contribution < -0.4 is 10.8 Å². The smallest absolute Gasteiger partial charge is 0.321 e. The number of carbonyl (C=O) groups is 2. The normalized spacial score (nSPS) is 15.8. The van der Waals surface area contributed by atoms with Gasteiger partial charge in [0.25, 0.3) is 7.52 Å². The summed E-state index contributed by atoms with van der Waals surface area (Å²) in [6, 6.07) is -1.48. The van der Waals surface area contributed by atoms with E-state index in [0.29, 0.717) is 11.2 Å². The van der Waals surface area contributed by atoms with Crippen molar-refractivity contribution < 1.29 is 34.0 Å². The molecule has 0 spiro atoms. The van der Waals surface area contributed by atoms with Crippen molar-refractivity contribution in [1.29, 1.82) is 0 Å². The second-order valence-electron chi connectivity index (χ2n) is 6.09. The van der Waals surface area contributed by atoms with Gasteiger partial charge in [-0.15, -0.1) is 0 Å². The van der Waals surface area contributed by atoms with E-state index in [1.165, 1.54) is 12.7 Å². The Hall–Kier alpha value is -2.60. The molecular weight excluding hydrogens is 395 g/mol. The molecule has 154 valence electrons. The highest BCUT2D eigenvalue weighted by molar-refractivity contribution is 7.55. The fourth-order valence-corrected chi connectivity index (χ4v) is 3.64. The monoisotopic (exact) mass is 416 g/mol.